The number of nitrogens with zero attached hydrogens (tertiary/aromatic N) is 2. The van der Waals surface area contributed by atoms with Gasteiger partial charge in [0.15, 0.2) is 5.34 Å². The summed E-state index contributed by atoms with van der Waals surface area (Å²) in [6.45, 7) is 3.78. The fraction of sp³-hybridized carbons (Fsp3) is 0.800. The summed E-state index contributed by atoms with van der Waals surface area (Å²) in [5.74, 6) is -0.538. The number of carbonyl (C=O) groups is 2. The fourth-order valence-corrected chi connectivity index (χ4v) is 0.947. The van der Waals surface area contributed by atoms with E-state index in [0.29, 0.717) is 13.0 Å². The highest BCUT2D eigenvalue weighted by atomic mass is 16.7. The van der Waals surface area contributed by atoms with Crippen molar-refractivity contribution in [1.82, 2.24) is 4.90 Å². The first-order valence-corrected chi connectivity index (χ1v) is 5.57. The second kappa shape index (κ2) is 9.20. The molecule has 0 aromatic carbocycles. The Kier molecular flexibility index (Phi) is 8.25. The summed E-state index contributed by atoms with van der Waals surface area (Å²) in [5.41, 5.74) is 0. The third kappa shape index (κ3) is 7.42. The number of ether oxygens (including phenoxy) is 2. The quantitative estimate of drug-likeness (QED) is 0.216. The van der Waals surface area contributed by atoms with Gasteiger partial charge in [0.1, 0.15) is 6.61 Å². The van der Waals surface area contributed by atoms with Crippen LogP contribution < -0.4 is 0 Å². The number of hydrogen-bond acceptors (Lipinski definition) is 7. The largest absolute Gasteiger partial charge is 0.425 e. The van der Waals surface area contributed by atoms with Gasteiger partial charge >= 0.3 is 12.1 Å². The standard InChI is InChI=1S/C10H18N2O6/c1-4-12(3)10(14)18-8(2)17-9(13)6-5-7-16-11-15/h8H,4-7H2,1-3H3. The van der Waals surface area contributed by atoms with E-state index in [1.807, 2.05) is 0 Å². The summed E-state index contributed by atoms with van der Waals surface area (Å²) < 4.78 is 9.67. The van der Waals surface area contributed by atoms with Gasteiger partial charge in [-0.15, -0.1) is 4.91 Å². The number of amides is 1. The van der Waals surface area contributed by atoms with Crippen LogP contribution >= 0.6 is 0 Å². The number of esters is 1. The van der Waals surface area contributed by atoms with Crippen LogP contribution in [-0.4, -0.2) is 43.5 Å². The Morgan fingerprint density at radius 1 is 1.33 bits per heavy atom. The van der Waals surface area contributed by atoms with Crippen molar-refractivity contribution < 1.29 is 23.9 Å². The van der Waals surface area contributed by atoms with Crippen molar-refractivity contribution in [3.63, 3.8) is 0 Å². The van der Waals surface area contributed by atoms with Gasteiger partial charge in [-0.25, -0.2) is 4.79 Å². The summed E-state index contributed by atoms with van der Waals surface area (Å²) in [5, 5.41) is 2.18. The van der Waals surface area contributed by atoms with Crippen molar-refractivity contribution in [2.45, 2.75) is 33.0 Å². The molecule has 0 rings (SSSR count). The van der Waals surface area contributed by atoms with Gasteiger partial charge in [0, 0.05) is 26.9 Å². The van der Waals surface area contributed by atoms with Crippen molar-refractivity contribution in [3.8, 4) is 0 Å². The van der Waals surface area contributed by atoms with E-state index in [1.54, 1.807) is 14.0 Å². The van der Waals surface area contributed by atoms with Gasteiger partial charge in [-0.05, 0) is 13.3 Å². The maximum Gasteiger partial charge on any atom is 0.412 e. The van der Waals surface area contributed by atoms with E-state index in [0.717, 1.165) is 0 Å². The van der Waals surface area contributed by atoms with Crippen LogP contribution in [0.25, 0.3) is 0 Å². The second-order valence-electron chi connectivity index (χ2n) is 3.47. The highest BCUT2D eigenvalue weighted by Gasteiger charge is 2.16. The van der Waals surface area contributed by atoms with Crippen molar-refractivity contribution in [3.05, 3.63) is 4.91 Å². The van der Waals surface area contributed by atoms with Gasteiger partial charge in [0.05, 0.1) is 0 Å². The molecule has 0 aliphatic rings. The SMILES string of the molecule is CCN(C)C(=O)OC(C)OC(=O)CCCON=O. The van der Waals surface area contributed by atoms with E-state index < -0.39 is 18.4 Å². The fourth-order valence-electron chi connectivity index (χ4n) is 0.947. The first kappa shape index (κ1) is 16.1. The minimum atomic E-state index is -0.955. The van der Waals surface area contributed by atoms with Crippen molar-refractivity contribution >= 4 is 12.1 Å². The van der Waals surface area contributed by atoms with Crippen LogP contribution in [0.3, 0.4) is 0 Å². The molecule has 0 heterocycles. The maximum absolute atomic E-state index is 11.3. The molecule has 0 aromatic heterocycles. The van der Waals surface area contributed by atoms with Crippen molar-refractivity contribution in [2.75, 3.05) is 20.2 Å². The van der Waals surface area contributed by atoms with Gasteiger partial charge in [-0.3, -0.25) is 4.79 Å². The van der Waals surface area contributed by atoms with Gasteiger partial charge in [-0.1, -0.05) is 0 Å². The molecule has 0 spiro atoms. The Bertz CT molecular complexity index is 284. The molecule has 8 heteroatoms. The molecule has 0 fully saturated rings. The third-order valence-corrected chi connectivity index (χ3v) is 2.02. The number of hydrogen-bond donors (Lipinski definition) is 0. The van der Waals surface area contributed by atoms with E-state index in [1.165, 1.54) is 11.8 Å². The Hall–Kier alpha value is -1.86. The van der Waals surface area contributed by atoms with Gasteiger partial charge < -0.3 is 19.2 Å². The normalized spacial score (nSPS) is 11.3. The molecule has 1 amide bonds. The highest BCUT2D eigenvalue weighted by molar-refractivity contribution is 5.70. The number of carbonyl (C=O) groups excluding carboxylic acids is 2. The van der Waals surface area contributed by atoms with Crippen molar-refractivity contribution in [1.29, 1.82) is 0 Å². The monoisotopic (exact) mass is 262 g/mol. The molecule has 1 atom stereocenters. The highest BCUT2D eigenvalue weighted by Crippen LogP contribution is 2.02. The third-order valence-electron chi connectivity index (χ3n) is 2.02. The predicted octanol–water partition coefficient (Wildman–Crippen LogP) is 1.44. The maximum atomic E-state index is 11.3. The summed E-state index contributed by atoms with van der Waals surface area (Å²) in [6.07, 6.45) is -1.16. The van der Waals surface area contributed by atoms with E-state index in [-0.39, 0.29) is 13.0 Å². The lowest BCUT2D eigenvalue weighted by atomic mass is 10.3. The van der Waals surface area contributed by atoms with Crippen LogP contribution in [0.1, 0.15) is 26.7 Å². The van der Waals surface area contributed by atoms with Crippen LogP contribution in [0.5, 0.6) is 0 Å². The Balaban J connectivity index is 3.79. The zero-order chi connectivity index (χ0) is 14.0. The molecule has 0 aromatic rings. The lowest BCUT2D eigenvalue weighted by molar-refractivity contribution is -0.166. The Morgan fingerprint density at radius 2 is 2.00 bits per heavy atom. The van der Waals surface area contributed by atoms with E-state index in [4.69, 9.17) is 9.47 Å². The molecule has 0 saturated carbocycles. The van der Waals surface area contributed by atoms with Gasteiger partial charge in [0.2, 0.25) is 6.29 Å². The topological polar surface area (TPSA) is 94.5 Å². The molecular weight excluding hydrogens is 244 g/mol. The van der Waals surface area contributed by atoms with E-state index >= 15 is 0 Å². The van der Waals surface area contributed by atoms with Crippen LogP contribution in [0, 0.1) is 4.91 Å². The van der Waals surface area contributed by atoms with E-state index in [2.05, 4.69) is 10.2 Å². The average Bonchev–Trinajstić information content (AvgIpc) is 2.33. The number of rotatable bonds is 8. The molecule has 0 aliphatic heterocycles. The summed E-state index contributed by atoms with van der Waals surface area (Å²) in [4.78, 5) is 37.7. The molecular formula is C10H18N2O6. The second-order valence-corrected chi connectivity index (χ2v) is 3.47. The van der Waals surface area contributed by atoms with Crippen LogP contribution in [0.2, 0.25) is 0 Å². The van der Waals surface area contributed by atoms with Crippen LogP contribution in [-0.2, 0) is 19.1 Å². The van der Waals surface area contributed by atoms with Crippen molar-refractivity contribution in [2.24, 2.45) is 5.34 Å². The average molecular weight is 262 g/mol. The molecule has 8 nitrogen and oxygen atoms in total. The first-order chi connectivity index (χ1) is 8.51. The van der Waals surface area contributed by atoms with Gasteiger partial charge in [0.25, 0.3) is 0 Å². The summed E-state index contributed by atoms with van der Waals surface area (Å²) in [6, 6.07) is 0. The zero-order valence-electron chi connectivity index (χ0n) is 10.7. The molecule has 104 valence electrons. The molecule has 0 bridgehead atoms. The molecule has 0 saturated heterocycles. The molecule has 0 radical (unpaired) electrons. The first-order valence-electron chi connectivity index (χ1n) is 5.57. The smallest absolute Gasteiger partial charge is 0.412 e. The summed E-state index contributed by atoms with van der Waals surface area (Å²) in [7, 11) is 1.57. The van der Waals surface area contributed by atoms with Gasteiger partial charge in [-0.2, -0.15) is 0 Å². The van der Waals surface area contributed by atoms with Crippen LogP contribution in [0.15, 0.2) is 5.34 Å². The van der Waals surface area contributed by atoms with Crippen LogP contribution in [0.4, 0.5) is 4.79 Å². The predicted molar refractivity (Wildman–Crippen MR) is 61.3 cm³/mol. The molecule has 0 aliphatic carbocycles. The molecule has 18 heavy (non-hydrogen) atoms. The molecule has 1 unspecified atom stereocenters. The molecule has 0 N–H and O–H groups in total. The van der Waals surface area contributed by atoms with E-state index in [9.17, 15) is 14.5 Å². The Morgan fingerprint density at radius 3 is 2.56 bits per heavy atom. The Labute approximate surface area is 105 Å². The summed E-state index contributed by atoms with van der Waals surface area (Å²) >= 11 is 0. The minimum absolute atomic E-state index is 0.0470. The lowest BCUT2D eigenvalue weighted by Crippen LogP contribution is -2.31. The zero-order valence-corrected chi connectivity index (χ0v) is 10.7. The lowest BCUT2D eigenvalue weighted by Gasteiger charge is -2.18. The minimum Gasteiger partial charge on any atom is -0.425 e.